The smallest absolute Gasteiger partial charge is 0.264 e. The lowest BCUT2D eigenvalue weighted by Gasteiger charge is -2.02. The Kier molecular flexibility index (Phi) is 5.19. The van der Waals surface area contributed by atoms with E-state index in [9.17, 15) is 4.79 Å². The third-order valence-corrected chi connectivity index (χ3v) is 4.70. The van der Waals surface area contributed by atoms with Crippen LogP contribution in [-0.4, -0.2) is 11.1 Å². The van der Waals surface area contributed by atoms with E-state index in [4.69, 9.17) is 0 Å². The number of nitrogens with one attached hydrogen (secondary N) is 1. The molecular weight excluding hydrogens is 328 g/mol. The summed E-state index contributed by atoms with van der Waals surface area (Å²) >= 11 is 1.38. The van der Waals surface area contributed by atoms with Crippen LogP contribution in [0.3, 0.4) is 0 Å². The molecule has 0 spiro atoms. The maximum Gasteiger partial charge on any atom is 0.264 e. The summed E-state index contributed by atoms with van der Waals surface area (Å²) in [6.07, 6.45) is 3.96. The van der Waals surface area contributed by atoms with Gasteiger partial charge in [0.25, 0.3) is 5.91 Å². The highest BCUT2D eigenvalue weighted by molar-refractivity contribution is 8.18. The third kappa shape index (κ3) is 4.48. The highest BCUT2D eigenvalue weighted by atomic mass is 32.2. The first kappa shape index (κ1) is 17.2. The average Bonchev–Trinajstić information content (AvgIpc) is 2.91. The molecule has 0 radical (unpaired) electrons. The van der Waals surface area contributed by atoms with Gasteiger partial charge >= 0.3 is 0 Å². The molecule has 0 aromatic heterocycles. The lowest BCUT2D eigenvalue weighted by atomic mass is 10.1. The Balaban J connectivity index is 1.81. The number of amides is 1. The van der Waals surface area contributed by atoms with E-state index in [0.717, 1.165) is 28.0 Å². The number of carbonyl (C=O) groups is 1. The number of allylic oxidation sites excluding steroid dienone is 2. The van der Waals surface area contributed by atoms with Gasteiger partial charge in [-0.1, -0.05) is 48.5 Å². The summed E-state index contributed by atoms with van der Waals surface area (Å²) in [5.74, 6) is -0.102. The minimum atomic E-state index is -0.102. The highest BCUT2D eigenvalue weighted by Crippen LogP contribution is 2.29. The summed E-state index contributed by atoms with van der Waals surface area (Å²) in [5, 5.41) is 3.47. The lowest BCUT2D eigenvalue weighted by molar-refractivity contribution is -0.115. The van der Waals surface area contributed by atoms with Gasteiger partial charge in [0.05, 0.1) is 10.6 Å². The van der Waals surface area contributed by atoms with Gasteiger partial charge in [-0.2, -0.15) is 0 Å². The maximum absolute atomic E-state index is 12.2. The van der Waals surface area contributed by atoms with E-state index in [0.29, 0.717) is 10.1 Å². The Bertz CT molecular complexity index is 895. The number of hydrogen-bond donors (Lipinski definition) is 1. The van der Waals surface area contributed by atoms with Crippen LogP contribution in [0, 0.1) is 13.8 Å². The van der Waals surface area contributed by atoms with Gasteiger partial charge < -0.3 is 5.32 Å². The van der Waals surface area contributed by atoms with E-state index < -0.39 is 0 Å². The monoisotopic (exact) mass is 348 g/mol. The zero-order valence-electron chi connectivity index (χ0n) is 14.5. The number of thioether (sulfide) groups is 1. The van der Waals surface area contributed by atoms with E-state index in [1.165, 1.54) is 11.8 Å². The first-order valence-corrected chi connectivity index (χ1v) is 8.93. The van der Waals surface area contributed by atoms with Crippen molar-refractivity contribution in [2.24, 2.45) is 4.99 Å². The fourth-order valence-electron chi connectivity index (χ4n) is 2.49. The van der Waals surface area contributed by atoms with Crippen LogP contribution in [0.25, 0.3) is 6.08 Å². The summed E-state index contributed by atoms with van der Waals surface area (Å²) in [5.41, 5.74) is 5.27. The molecule has 1 aliphatic rings. The number of aryl methyl sites for hydroxylation is 2. The van der Waals surface area contributed by atoms with Crippen molar-refractivity contribution in [3.05, 3.63) is 81.8 Å². The molecule has 25 heavy (non-hydrogen) atoms. The molecule has 1 heterocycles. The molecule has 1 amide bonds. The summed E-state index contributed by atoms with van der Waals surface area (Å²) in [6, 6.07) is 16.2. The molecule has 3 rings (SSSR count). The van der Waals surface area contributed by atoms with Gasteiger partial charge in [-0.15, -0.1) is 0 Å². The van der Waals surface area contributed by atoms with Crippen molar-refractivity contribution < 1.29 is 4.79 Å². The number of carbonyl (C=O) groups excluding carboxylic acids is 1. The van der Waals surface area contributed by atoms with E-state index in [2.05, 4.69) is 22.5 Å². The quantitative estimate of drug-likeness (QED) is 0.780. The van der Waals surface area contributed by atoms with E-state index in [-0.39, 0.29) is 5.91 Å². The molecule has 4 heteroatoms. The maximum atomic E-state index is 12.2. The molecule has 0 saturated carbocycles. The number of benzene rings is 2. The molecule has 1 fully saturated rings. The normalized spacial score (nSPS) is 18.0. The first-order valence-electron chi connectivity index (χ1n) is 8.11. The second kappa shape index (κ2) is 7.53. The van der Waals surface area contributed by atoms with Crippen molar-refractivity contribution in [1.82, 2.24) is 5.32 Å². The summed E-state index contributed by atoms with van der Waals surface area (Å²) in [4.78, 5) is 17.5. The lowest BCUT2D eigenvalue weighted by Crippen LogP contribution is -2.19. The number of nitrogens with zero attached hydrogens (tertiary/aromatic N) is 1. The number of aliphatic imine (C=N–C) groups is 1. The standard InChI is InChI=1S/C21H20N2OS/c1-14-9-10-16(3)18(12-14)22-21-23-20(24)19(25-21)13-15(2)11-17-7-5-4-6-8-17/h4-13H,1-3H3,(H,22,23,24). The van der Waals surface area contributed by atoms with Crippen molar-refractivity contribution in [2.75, 3.05) is 0 Å². The molecule has 3 nitrogen and oxygen atoms in total. The highest BCUT2D eigenvalue weighted by Gasteiger charge is 2.23. The average molecular weight is 348 g/mol. The van der Waals surface area contributed by atoms with Gasteiger partial charge in [0.1, 0.15) is 0 Å². The van der Waals surface area contributed by atoms with Crippen LogP contribution < -0.4 is 5.32 Å². The molecule has 1 N–H and O–H groups in total. The minimum Gasteiger partial charge on any atom is -0.300 e. The third-order valence-electron chi connectivity index (χ3n) is 3.79. The molecule has 0 bridgehead atoms. The van der Waals surface area contributed by atoms with Crippen LogP contribution in [0.15, 0.2) is 70.1 Å². The fourth-order valence-corrected chi connectivity index (χ4v) is 3.37. The van der Waals surface area contributed by atoms with E-state index >= 15 is 0 Å². The van der Waals surface area contributed by atoms with Crippen molar-refractivity contribution >= 4 is 34.6 Å². The Morgan fingerprint density at radius 3 is 2.64 bits per heavy atom. The second-order valence-electron chi connectivity index (χ2n) is 6.07. The Morgan fingerprint density at radius 2 is 1.88 bits per heavy atom. The second-order valence-corrected chi connectivity index (χ2v) is 7.10. The molecule has 2 aromatic rings. The Morgan fingerprint density at radius 1 is 1.12 bits per heavy atom. The molecule has 0 unspecified atom stereocenters. The molecular formula is C21H20N2OS. The van der Waals surface area contributed by atoms with Crippen LogP contribution >= 0.6 is 11.8 Å². The van der Waals surface area contributed by atoms with Crippen LogP contribution in [0.2, 0.25) is 0 Å². The van der Waals surface area contributed by atoms with Gasteiger partial charge in [0.15, 0.2) is 5.17 Å². The van der Waals surface area contributed by atoms with Crippen LogP contribution in [0.4, 0.5) is 5.69 Å². The van der Waals surface area contributed by atoms with Gasteiger partial charge in [-0.25, -0.2) is 4.99 Å². The van der Waals surface area contributed by atoms with Gasteiger partial charge in [-0.05, 0) is 66.9 Å². The van der Waals surface area contributed by atoms with Crippen molar-refractivity contribution in [3.8, 4) is 0 Å². The molecule has 126 valence electrons. The SMILES string of the molecule is CC(=Cc1ccccc1)C=C1SC(=Nc2cc(C)ccc2C)NC1=O. The van der Waals surface area contributed by atoms with Crippen molar-refractivity contribution in [1.29, 1.82) is 0 Å². The molecule has 2 aromatic carbocycles. The zero-order chi connectivity index (χ0) is 17.8. The minimum absolute atomic E-state index is 0.102. The first-order chi connectivity index (χ1) is 12.0. The summed E-state index contributed by atoms with van der Waals surface area (Å²) in [6.45, 7) is 6.05. The summed E-state index contributed by atoms with van der Waals surface area (Å²) in [7, 11) is 0. The topological polar surface area (TPSA) is 41.5 Å². The van der Waals surface area contributed by atoms with Crippen molar-refractivity contribution in [3.63, 3.8) is 0 Å². The Hall–Kier alpha value is -2.59. The van der Waals surface area contributed by atoms with Gasteiger partial charge in [0, 0.05) is 0 Å². The molecule has 1 saturated heterocycles. The molecule has 1 aliphatic heterocycles. The Labute approximate surface area is 152 Å². The largest absolute Gasteiger partial charge is 0.300 e. The fraction of sp³-hybridized carbons (Fsp3) is 0.143. The van der Waals surface area contributed by atoms with Gasteiger partial charge in [0.2, 0.25) is 0 Å². The van der Waals surface area contributed by atoms with Crippen LogP contribution in [0.1, 0.15) is 23.6 Å². The molecule has 0 atom stereocenters. The van der Waals surface area contributed by atoms with E-state index in [1.807, 2.05) is 69.3 Å². The number of amidine groups is 1. The van der Waals surface area contributed by atoms with Crippen LogP contribution in [0.5, 0.6) is 0 Å². The summed E-state index contributed by atoms with van der Waals surface area (Å²) < 4.78 is 0. The van der Waals surface area contributed by atoms with Crippen molar-refractivity contribution in [2.45, 2.75) is 20.8 Å². The predicted molar refractivity (Wildman–Crippen MR) is 107 cm³/mol. The van der Waals surface area contributed by atoms with Crippen LogP contribution in [-0.2, 0) is 4.79 Å². The number of hydrogen-bond acceptors (Lipinski definition) is 3. The zero-order valence-corrected chi connectivity index (χ0v) is 15.4. The number of rotatable bonds is 3. The van der Waals surface area contributed by atoms with Gasteiger partial charge in [-0.3, -0.25) is 4.79 Å². The predicted octanol–water partition coefficient (Wildman–Crippen LogP) is 5.14. The van der Waals surface area contributed by atoms with E-state index in [1.54, 1.807) is 0 Å². The molecule has 0 aliphatic carbocycles.